The van der Waals surface area contributed by atoms with Gasteiger partial charge in [-0.15, -0.1) is 34.4 Å². The van der Waals surface area contributed by atoms with E-state index in [-0.39, 0.29) is 0 Å². The Morgan fingerprint density at radius 3 is 2.19 bits per heavy atom. The molecule has 1 aliphatic heterocycles. The van der Waals surface area contributed by atoms with Crippen molar-refractivity contribution in [3.63, 3.8) is 0 Å². The highest BCUT2D eigenvalue weighted by molar-refractivity contribution is 8.00. The number of Topliss-reactive ketones (excluding diaryl/α,β-unsaturated/α-hetero) is 1. The minimum absolute atomic E-state index is 0.358. The number of ketones is 1. The number of carbonyl (C=O) groups excluding carboxylic acids is 1. The molecule has 174 valence electrons. The van der Waals surface area contributed by atoms with E-state index in [1.807, 2.05) is 23.1 Å². The molecule has 0 amide bonds. The summed E-state index contributed by atoms with van der Waals surface area (Å²) >= 11 is 5.61. The molecule has 1 aliphatic rings. The minimum Gasteiger partial charge on any atom is -0.293 e. The van der Waals surface area contributed by atoms with Gasteiger partial charge in [0.25, 0.3) is 0 Å². The van der Waals surface area contributed by atoms with Crippen LogP contribution in [0.15, 0.2) is 22.4 Å². The monoisotopic (exact) mass is 486 g/mol. The molecule has 3 aromatic rings. The van der Waals surface area contributed by atoms with Crippen LogP contribution in [-0.4, -0.2) is 11.5 Å². The third-order valence-electron chi connectivity index (χ3n) is 6.82. The van der Waals surface area contributed by atoms with E-state index in [2.05, 4.69) is 24.4 Å². The molecule has 0 spiro atoms. The lowest BCUT2D eigenvalue weighted by Crippen LogP contribution is -1.95. The first-order chi connectivity index (χ1) is 15.8. The lowest BCUT2D eigenvalue weighted by Gasteiger charge is -2.03. The van der Waals surface area contributed by atoms with Gasteiger partial charge in [0, 0.05) is 37.2 Å². The largest absolute Gasteiger partial charge is 0.293 e. The predicted molar refractivity (Wildman–Crippen MR) is 146 cm³/mol. The number of rotatable bonds is 15. The summed E-state index contributed by atoms with van der Waals surface area (Å²) < 4.78 is 2.81. The highest BCUT2D eigenvalue weighted by atomic mass is 32.2. The van der Waals surface area contributed by atoms with Gasteiger partial charge < -0.3 is 0 Å². The van der Waals surface area contributed by atoms with Crippen molar-refractivity contribution in [2.24, 2.45) is 0 Å². The van der Waals surface area contributed by atoms with Gasteiger partial charge in [0.1, 0.15) is 0 Å². The van der Waals surface area contributed by atoms with Crippen molar-refractivity contribution in [1.29, 1.82) is 0 Å². The lowest BCUT2D eigenvalue weighted by molar-refractivity contribution is 0.0983. The average Bonchev–Trinajstić information content (AvgIpc) is 3.54. The number of benzene rings is 1. The second-order valence-corrected chi connectivity index (χ2v) is 12.4. The van der Waals surface area contributed by atoms with Gasteiger partial charge in [-0.3, -0.25) is 4.79 Å². The molecule has 3 heterocycles. The zero-order valence-corrected chi connectivity index (χ0v) is 22.1. The Balaban J connectivity index is 1.16. The normalized spacial score (nSPS) is 13.4. The number of unbranched alkanes of at least 4 members (excludes halogenated alkanes) is 12. The molecular weight excluding hydrogens is 449 g/mol. The van der Waals surface area contributed by atoms with Crippen LogP contribution in [0.1, 0.15) is 112 Å². The molecule has 0 bridgehead atoms. The molecule has 0 saturated carbocycles. The summed E-state index contributed by atoms with van der Waals surface area (Å²) in [6, 6.07) is 4.44. The standard InChI is InChI=1S/C28H38OS3/c1-2-3-4-5-6-7-8-9-10-11-12-13-14-15-24(29)25-20-23-21-16-18-30-27(21)28-22(17-19-31-28)26(23)32-25/h16,18,20H,2-15,17,19H2,1H3. The van der Waals surface area contributed by atoms with Crippen molar-refractivity contribution in [2.75, 3.05) is 5.75 Å². The SMILES string of the molecule is CCCCCCCCCCCCCCCC(=O)c1cc2c(s1)c1c(c3sccc32)SCC1. The zero-order chi connectivity index (χ0) is 22.2. The Kier molecular flexibility index (Phi) is 9.54. The van der Waals surface area contributed by atoms with Crippen molar-refractivity contribution in [3.05, 3.63) is 28.0 Å². The van der Waals surface area contributed by atoms with E-state index in [1.54, 1.807) is 11.3 Å². The summed E-state index contributed by atoms with van der Waals surface area (Å²) in [6.07, 6.45) is 19.4. The predicted octanol–water partition coefficient (Wildman–Crippen LogP) is 10.4. The molecule has 0 radical (unpaired) electrons. The van der Waals surface area contributed by atoms with Crippen LogP contribution >= 0.6 is 34.4 Å². The summed E-state index contributed by atoms with van der Waals surface area (Å²) in [4.78, 5) is 15.4. The minimum atomic E-state index is 0.358. The summed E-state index contributed by atoms with van der Waals surface area (Å²) in [5.74, 6) is 1.54. The summed E-state index contributed by atoms with van der Waals surface area (Å²) in [7, 11) is 0. The smallest absolute Gasteiger partial charge is 0.172 e. The van der Waals surface area contributed by atoms with Crippen LogP contribution in [0, 0.1) is 0 Å². The maximum atomic E-state index is 12.9. The fourth-order valence-electron chi connectivity index (χ4n) is 4.95. The van der Waals surface area contributed by atoms with Crippen LogP contribution < -0.4 is 0 Å². The van der Waals surface area contributed by atoms with E-state index in [1.165, 1.54) is 113 Å². The van der Waals surface area contributed by atoms with E-state index in [9.17, 15) is 4.79 Å². The topological polar surface area (TPSA) is 17.1 Å². The van der Waals surface area contributed by atoms with E-state index >= 15 is 0 Å². The highest BCUT2D eigenvalue weighted by Gasteiger charge is 2.23. The van der Waals surface area contributed by atoms with Gasteiger partial charge in [-0.1, -0.05) is 84.0 Å². The van der Waals surface area contributed by atoms with E-state index in [0.29, 0.717) is 12.2 Å². The molecule has 0 atom stereocenters. The number of hydrogen-bond donors (Lipinski definition) is 0. The second kappa shape index (κ2) is 12.6. The van der Waals surface area contributed by atoms with E-state index in [0.717, 1.165) is 17.7 Å². The Bertz CT molecular complexity index is 1010. The first-order valence-electron chi connectivity index (χ1n) is 12.9. The quantitative estimate of drug-likeness (QED) is 0.157. The first-order valence-corrected chi connectivity index (χ1v) is 15.6. The van der Waals surface area contributed by atoms with Crippen molar-refractivity contribution >= 4 is 60.4 Å². The summed E-state index contributed by atoms with van der Waals surface area (Å²) in [5, 5.41) is 4.88. The van der Waals surface area contributed by atoms with Crippen molar-refractivity contribution in [2.45, 2.75) is 108 Å². The molecule has 0 N–H and O–H groups in total. The van der Waals surface area contributed by atoms with Crippen LogP contribution in [0.5, 0.6) is 0 Å². The van der Waals surface area contributed by atoms with Gasteiger partial charge in [-0.2, -0.15) is 0 Å². The Labute approximate surface area is 206 Å². The lowest BCUT2D eigenvalue weighted by atomic mass is 10.0. The van der Waals surface area contributed by atoms with Gasteiger partial charge in [0.05, 0.1) is 4.88 Å². The molecule has 1 nitrogen and oxygen atoms in total. The third-order valence-corrected chi connectivity index (χ3v) is 10.3. The van der Waals surface area contributed by atoms with Gasteiger partial charge in [-0.25, -0.2) is 0 Å². The Morgan fingerprint density at radius 1 is 0.844 bits per heavy atom. The zero-order valence-electron chi connectivity index (χ0n) is 19.7. The van der Waals surface area contributed by atoms with Crippen LogP contribution in [-0.2, 0) is 6.42 Å². The van der Waals surface area contributed by atoms with Gasteiger partial charge in [0.15, 0.2) is 5.78 Å². The van der Waals surface area contributed by atoms with Crippen molar-refractivity contribution in [3.8, 4) is 0 Å². The number of thioether (sulfide) groups is 1. The van der Waals surface area contributed by atoms with Crippen molar-refractivity contribution in [1.82, 2.24) is 0 Å². The number of thiophene rings is 2. The molecular formula is C28H38OS3. The molecule has 0 saturated heterocycles. The fourth-order valence-corrected chi connectivity index (χ4v) is 8.56. The summed E-state index contributed by atoms with van der Waals surface area (Å²) in [5.41, 5.74) is 1.50. The highest BCUT2D eigenvalue weighted by Crippen LogP contribution is 2.47. The Hall–Kier alpha value is -0.840. The van der Waals surface area contributed by atoms with Gasteiger partial charge in [0.2, 0.25) is 0 Å². The number of carbonyl (C=O) groups is 1. The van der Waals surface area contributed by atoms with Crippen LogP contribution in [0.2, 0.25) is 0 Å². The van der Waals surface area contributed by atoms with Crippen LogP contribution in [0.4, 0.5) is 0 Å². The molecule has 2 aromatic heterocycles. The third kappa shape index (κ3) is 5.98. The molecule has 0 fully saturated rings. The van der Waals surface area contributed by atoms with Crippen molar-refractivity contribution < 1.29 is 4.79 Å². The number of hydrogen-bond acceptors (Lipinski definition) is 4. The average molecular weight is 487 g/mol. The van der Waals surface area contributed by atoms with Gasteiger partial charge >= 0.3 is 0 Å². The van der Waals surface area contributed by atoms with Crippen LogP contribution in [0.3, 0.4) is 0 Å². The molecule has 4 heteroatoms. The van der Waals surface area contributed by atoms with Crippen LogP contribution in [0.25, 0.3) is 20.2 Å². The number of fused-ring (bicyclic) bond motifs is 6. The van der Waals surface area contributed by atoms with Gasteiger partial charge in [-0.05, 0) is 35.9 Å². The Morgan fingerprint density at radius 2 is 1.50 bits per heavy atom. The molecule has 4 rings (SSSR count). The van der Waals surface area contributed by atoms with E-state index in [4.69, 9.17) is 0 Å². The molecule has 0 aliphatic carbocycles. The number of aryl methyl sites for hydroxylation is 1. The second-order valence-electron chi connectivity index (χ2n) is 9.34. The molecule has 0 unspecified atom stereocenters. The maximum Gasteiger partial charge on any atom is 0.172 e. The first kappa shape index (κ1) is 24.3. The molecule has 1 aromatic carbocycles. The maximum absolute atomic E-state index is 12.9. The summed E-state index contributed by atoms with van der Waals surface area (Å²) in [6.45, 7) is 2.28. The molecule has 32 heavy (non-hydrogen) atoms. The van der Waals surface area contributed by atoms with E-state index < -0.39 is 0 Å². The fraction of sp³-hybridized carbons (Fsp3) is 0.607.